The van der Waals surface area contributed by atoms with E-state index in [1.54, 1.807) is 24.3 Å². The van der Waals surface area contributed by atoms with Gasteiger partial charge in [0.05, 0.1) is 23.3 Å². The van der Waals surface area contributed by atoms with Gasteiger partial charge in [-0.25, -0.2) is 9.97 Å². The third kappa shape index (κ3) is 8.20. The summed E-state index contributed by atoms with van der Waals surface area (Å²) in [6, 6.07) is 9.21. The van der Waals surface area contributed by atoms with Gasteiger partial charge in [-0.15, -0.1) is 0 Å². The van der Waals surface area contributed by atoms with Gasteiger partial charge in [-0.1, -0.05) is 12.1 Å². The maximum atomic E-state index is 10.2. The van der Waals surface area contributed by atoms with E-state index in [1.807, 2.05) is 0 Å². The van der Waals surface area contributed by atoms with E-state index in [0.29, 0.717) is 9.21 Å². The maximum absolute atomic E-state index is 10.2. The Hall–Kier alpha value is -1.32. The van der Waals surface area contributed by atoms with Crippen LogP contribution in [0.4, 0.5) is 0 Å². The number of halogens is 2. The van der Waals surface area contributed by atoms with Crippen molar-refractivity contribution in [3.63, 3.8) is 0 Å². The van der Waals surface area contributed by atoms with Crippen molar-refractivity contribution >= 4 is 43.8 Å². The molecule has 1 radical (unpaired) electrons. The van der Waals surface area contributed by atoms with Gasteiger partial charge in [0.25, 0.3) is 0 Å². The van der Waals surface area contributed by atoms with Crippen molar-refractivity contribution < 1.29 is 42.3 Å². The molecule has 0 bridgehead atoms. The predicted molar refractivity (Wildman–Crippen MR) is 77.4 cm³/mol. The Balaban J connectivity index is 0. The Morgan fingerprint density at radius 2 is 1.14 bits per heavy atom. The smallest absolute Gasteiger partial charge is 0.543 e. The number of pyridine rings is 2. The minimum Gasteiger partial charge on any atom is -0.543 e. The molecule has 0 fully saturated rings. The van der Waals surface area contributed by atoms with E-state index in [1.165, 1.54) is 12.1 Å². The normalized spacial score (nSPS) is 8.45. The summed E-state index contributed by atoms with van der Waals surface area (Å²) < 4.78 is 0.989. The number of carboxylic acids is 2. The van der Waals surface area contributed by atoms with Crippen molar-refractivity contribution in [3.05, 3.63) is 57.0 Å². The summed E-state index contributed by atoms with van der Waals surface area (Å²) in [6.07, 6.45) is 0. The van der Waals surface area contributed by atoms with Crippen molar-refractivity contribution in [2.24, 2.45) is 0 Å². The fourth-order valence-electron chi connectivity index (χ4n) is 1.04. The third-order valence-electron chi connectivity index (χ3n) is 1.85. The van der Waals surface area contributed by atoms with Gasteiger partial charge in [0.2, 0.25) is 0 Å². The SMILES string of the molecule is O=C([O-])c1cccc(Br)n1.O=C([O-])c1cccc(Br)n1.[Cu+2].[OH3+]. The van der Waals surface area contributed by atoms with Crippen LogP contribution in [0.3, 0.4) is 0 Å². The summed E-state index contributed by atoms with van der Waals surface area (Å²) in [5.41, 5.74) is -0.122. The number of hydrogen-bond donors (Lipinski definition) is 0. The average Bonchev–Trinajstić information content (AvgIpc) is 2.39. The van der Waals surface area contributed by atoms with E-state index in [4.69, 9.17) is 0 Å². The van der Waals surface area contributed by atoms with Crippen molar-refractivity contribution in [2.75, 3.05) is 0 Å². The minimum absolute atomic E-state index is 0. The minimum atomic E-state index is -1.26. The Kier molecular flexibility index (Phi) is 11.8. The van der Waals surface area contributed by atoms with E-state index >= 15 is 0 Å². The molecule has 0 saturated heterocycles. The first-order valence-electron chi connectivity index (χ1n) is 5.08. The van der Waals surface area contributed by atoms with Crippen molar-refractivity contribution in [3.8, 4) is 0 Å². The maximum Gasteiger partial charge on any atom is 2.00 e. The van der Waals surface area contributed by atoms with Gasteiger partial charge >= 0.3 is 17.1 Å². The summed E-state index contributed by atoms with van der Waals surface area (Å²) in [7, 11) is 0. The molecule has 7 nitrogen and oxygen atoms in total. The molecule has 0 unspecified atom stereocenters. The zero-order valence-electron chi connectivity index (χ0n) is 10.6. The molecule has 2 aromatic heterocycles. The molecular formula is C12H9Br2CuN2O5+. The van der Waals surface area contributed by atoms with Crippen LogP contribution >= 0.6 is 31.9 Å². The first kappa shape index (κ1) is 23.0. The molecular weight excluding hydrogens is 475 g/mol. The standard InChI is InChI=1S/2C6H4BrNO2.Cu.H2O/c2*7-5-3-1-2-4(8-5)6(9)10;;/h2*1-3H,(H,9,10);;1H2/q;;+2;/p-1. The van der Waals surface area contributed by atoms with Gasteiger partial charge in [-0.3, -0.25) is 0 Å². The van der Waals surface area contributed by atoms with Crippen LogP contribution in [0.2, 0.25) is 0 Å². The molecule has 10 heteroatoms. The van der Waals surface area contributed by atoms with E-state index in [9.17, 15) is 19.8 Å². The van der Waals surface area contributed by atoms with Crippen LogP contribution in [-0.2, 0) is 22.5 Å². The summed E-state index contributed by atoms with van der Waals surface area (Å²) in [5, 5.41) is 20.3. The number of rotatable bonds is 2. The van der Waals surface area contributed by atoms with Gasteiger partial charge in [0.1, 0.15) is 9.21 Å². The van der Waals surface area contributed by atoms with E-state index < -0.39 is 11.9 Å². The van der Waals surface area contributed by atoms with Gasteiger partial charge in [0.15, 0.2) is 0 Å². The van der Waals surface area contributed by atoms with Crippen LogP contribution < -0.4 is 10.2 Å². The molecule has 0 amide bonds. The van der Waals surface area contributed by atoms with E-state index in [-0.39, 0.29) is 33.9 Å². The third-order valence-corrected chi connectivity index (χ3v) is 2.73. The Morgan fingerprint density at radius 1 is 0.818 bits per heavy atom. The molecule has 2 rings (SSSR count). The van der Waals surface area contributed by atoms with E-state index in [2.05, 4.69) is 41.8 Å². The topological polar surface area (TPSA) is 139 Å². The number of carbonyl (C=O) groups is 2. The second-order valence-electron chi connectivity index (χ2n) is 3.27. The molecule has 2 aromatic rings. The van der Waals surface area contributed by atoms with Crippen LogP contribution in [-0.4, -0.2) is 21.9 Å². The summed E-state index contributed by atoms with van der Waals surface area (Å²) >= 11 is 6.06. The second-order valence-corrected chi connectivity index (χ2v) is 4.89. The van der Waals surface area contributed by atoms with E-state index in [0.717, 1.165) is 0 Å². The average molecular weight is 485 g/mol. The zero-order chi connectivity index (χ0) is 15.1. The molecule has 3 N–H and O–H groups in total. The number of hydrogen-bond acceptors (Lipinski definition) is 6. The van der Waals surface area contributed by atoms with Crippen molar-refractivity contribution in [2.45, 2.75) is 0 Å². The van der Waals surface area contributed by atoms with Gasteiger partial charge in [-0.05, 0) is 56.1 Å². The Bertz CT molecular complexity index is 587. The molecule has 0 aliphatic heterocycles. The largest absolute Gasteiger partial charge is 2.00 e. The summed E-state index contributed by atoms with van der Waals surface area (Å²) in [6.45, 7) is 0. The first-order valence-corrected chi connectivity index (χ1v) is 6.66. The van der Waals surface area contributed by atoms with Crippen molar-refractivity contribution in [1.82, 2.24) is 9.97 Å². The molecule has 0 aliphatic carbocycles. The molecule has 22 heavy (non-hydrogen) atoms. The summed E-state index contributed by atoms with van der Waals surface area (Å²) in [5.74, 6) is -2.53. The summed E-state index contributed by atoms with van der Waals surface area (Å²) in [4.78, 5) is 27.6. The molecule has 0 aliphatic rings. The number of carbonyl (C=O) groups excluding carboxylic acids is 2. The number of aromatic nitrogens is 2. The molecule has 0 spiro atoms. The Labute approximate surface area is 152 Å². The molecule has 0 saturated carbocycles. The molecule has 0 atom stereocenters. The molecule has 2 heterocycles. The number of aromatic carboxylic acids is 2. The Morgan fingerprint density at radius 3 is 1.32 bits per heavy atom. The zero-order valence-corrected chi connectivity index (χ0v) is 14.7. The number of carboxylic acid groups (broad SMARTS) is 2. The van der Waals surface area contributed by atoms with Crippen LogP contribution in [0.25, 0.3) is 0 Å². The van der Waals surface area contributed by atoms with Gasteiger partial charge in [0, 0.05) is 0 Å². The fourth-order valence-corrected chi connectivity index (χ4v) is 1.73. The monoisotopic (exact) mass is 482 g/mol. The predicted octanol–water partition coefficient (Wildman–Crippen LogP) is -0.509. The van der Waals surface area contributed by atoms with Crippen LogP contribution in [0, 0.1) is 0 Å². The second kappa shape index (κ2) is 11.3. The van der Waals surface area contributed by atoms with Crippen LogP contribution in [0.5, 0.6) is 0 Å². The molecule has 0 aromatic carbocycles. The van der Waals surface area contributed by atoms with Crippen LogP contribution in [0.1, 0.15) is 21.0 Å². The fraction of sp³-hybridized carbons (Fsp3) is 0. The quantitative estimate of drug-likeness (QED) is 0.320. The molecule has 121 valence electrons. The van der Waals surface area contributed by atoms with Gasteiger partial charge < -0.3 is 25.3 Å². The number of nitrogens with zero attached hydrogens (tertiary/aromatic N) is 2. The van der Waals surface area contributed by atoms with Gasteiger partial charge in [-0.2, -0.15) is 0 Å². The first-order chi connectivity index (χ1) is 9.40. The van der Waals surface area contributed by atoms with Crippen LogP contribution in [0.15, 0.2) is 45.6 Å². The van der Waals surface area contributed by atoms with Crippen molar-refractivity contribution in [1.29, 1.82) is 0 Å².